The maximum atomic E-state index is 2.50. The van der Waals surface area contributed by atoms with Crippen LogP contribution in [0.5, 0.6) is 0 Å². The molecular weight excluding hydrogens is 814 g/mol. The fraction of sp³-hybridized carbons (Fsp3) is 0. The first-order chi connectivity index (χ1) is 28.8. The van der Waals surface area contributed by atoms with Gasteiger partial charge in [-0.1, -0.05) is 0 Å². The molecule has 0 saturated heterocycles. The van der Waals surface area contributed by atoms with Gasteiger partial charge in [-0.05, 0) is 0 Å². The van der Waals surface area contributed by atoms with E-state index in [-0.39, 0.29) is 0 Å². The average Bonchev–Trinajstić information content (AvgIpc) is 3.30. The zero-order valence-electron chi connectivity index (χ0n) is 32.1. The van der Waals surface area contributed by atoms with Gasteiger partial charge in [0.2, 0.25) is 0 Å². The zero-order valence-corrected chi connectivity index (χ0v) is 36.9. The van der Waals surface area contributed by atoms with Crippen LogP contribution in [0.4, 0.5) is 0 Å². The molecule has 0 bridgehead atoms. The molecule has 0 aliphatic rings. The summed E-state index contributed by atoms with van der Waals surface area (Å²) in [6, 6.07) is 96.0. The van der Waals surface area contributed by atoms with Crippen LogP contribution in [0.25, 0.3) is 0 Å². The molecule has 0 amide bonds. The van der Waals surface area contributed by atoms with E-state index in [0.717, 1.165) is 0 Å². The van der Waals surface area contributed by atoms with Crippen molar-refractivity contribution in [1.29, 1.82) is 0 Å². The van der Waals surface area contributed by atoms with Crippen LogP contribution < -0.4 is 60.9 Å². The summed E-state index contributed by atoms with van der Waals surface area (Å²) in [7, 11) is -2.56. The summed E-state index contributed by atoms with van der Waals surface area (Å²) >= 11 is -2.73. The fourth-order valence-electron chi connectivity index (χ4n) is 7.82. The first-order valence-corrected chi connectivity index (χ1v) is 26.9. The van der Waals surface area contributed by atoms with Crippen molar-refractivity contribution in [2.45, 2.75) is 0 Å². The van der Waals surface area contributed by atoms with Crippen LogP contribution in [-0.2, 0) is 0 Å². The van der Waals surface area contributed by atoms with Crippen molar-refractivity contribution in [2.75, 3.05) is 0 Å². The van der Waals surface area contributed by atoms with Gasteiger partial charge in [-0.25, -0.2) is 0 Å². The molecule has 0 heterocycles. The van der Waals surface area contributed by atoms with Crippen LogP contribution >= 0.6 is 23.8 Å². The topological polar surface area (TPSA) is 0 Å². The van der Waals surface area contributed by atoms with E-state index in [1.807, 2.05) is 0 Å². The first kappa shape index (κ1) is 38.3. The standard InChI is InChI=1S/C54H42GeP3/c1-7-25-43(26-8-1)56(44-27-9-2-10-28-44)52-40-22-19-37-49(52)55(50-38-20-23-41-53(50)57(45-29-11-3-12-30-45)46-31-13-4-14-32-46)51-39-21-24-42-54(51)58(47-33-15-5-16-34-47)48-35-17-6-18-36-48/h1-42H. The Morgan fingerprint density at radius 3 is 0.569 bits per heavy atom. The van der Waals surface area contributed by atoms with Crippen molar-refractivity contribution in [3.8, 4) is 0 Å². The van der Waals surface area contributed by atoms with Gasteiger partial charge in [0.15, 0.2) is 0 Å². The molecule has 0 fully saturated rings. The van der Waals surface area contributed by atoms with Crippen LogP contribution in [0.2, 0.25) is 0 Å². The van der Waals surface area contributed by atoms with Crippen molar-refractivity contribution >= 4 is 99.0 Å². The molecule has 58 heavy (non-hydrogen) atoms. The van der Waals surface area contributed by atoms with Gasteiger partial charge in [0.25, 0.3) is 0 Å². The maximum absolute atomic E-state index is 2.73. The fourth-order valence-corrected chi connectivity index (χ4v) is 24.3. The summed E-state index contributed by atoms with van der Waals surface area (Å²) < 4.78 is 4.56. The van der Waals surface area contributed by atoms with Crippen LogP contribution in [0.3, 0.4) is 0 Å². The first-order valence-electron chi connectivity index (χ1n) is 19.7. The van der Waals surface area contributed by atoms with Crippen molar-refractivity contribution in [3.63, 3.8) is 0 Å². The van der Waals surface area contributed by atoms with Crippen LogP contribution in [0.1, 0.15) is 0 Å². The summed E-state index contributed by atoms with van der Waals surface area (Å²) in [5.74, 6) is 0. The summed E-state index contributed by atoms with van der Waals surface area (Å²) in [6.45, 7) is 0. The molecule has 0 aromatic heterocycles. The van der Waals surface area contributed by atoms with E-state index in [4.69, 9.17) is 0 Å². The van der Waals surface area contributed by atoms with Gasteiger partial charge in [-0.15, -0.1) is 0 Å². The van der Waals surface area contributed by atoms with Gasteiger partial charge in [-0.3, -0.25) is 0 Å². The molecule has 0 N–H and O–H groups in total. The monoisotopic (exact) mass is 857 g/mol. The number of hydrogen-bond acceptors (Lipinski definition) is 0. The van der Waals surface area contributed by atoms with Crippen LogP contribution in [0, 0.1) is 0 Å². The Morgan fingerprint density at radius 1 is 0.190 bits per heavy atom. The molecule has 0 unspecified atom stereocenters. The second kappa shape index (κ2) is 18.6. The molecule has 4 heteroatoms. The second-order valence-electron chi connectivity index (χ2n) is 13.9. The van der Waals surface area contributed by atoms with E-state index in [2.05, 4.69) is 255 Å². The molecule has 0 aliphatic carbocycles. The van der Waals surface area contributed by atoms with E-state index >= 15 is 0 Å². The Hall–Kier alpha value is -5.19. The molecule has 277 valence electrons. The minimum absolute atomic E-state index is 0.853. The van der Waals surface area contributed by atoms with Gasteiger partial charge < -0.3 is 0 Å². The summed E-state index contributed by atoms with van der Waals surface area (Å²) in [5, 5.41) is 12.6. The van der Waals surface area contributed by atoms with E-state index < -0.39 is 38.1 Å². The number of rotatable bonds is 12. The Balaban J connectivity index is 1.36. The second-order valence-corrected chi connectivity index (χ2v) is 25.5. The van der Waals surface area contributed by atoms with Crippen molar-refractivity contribution in [2.24, 2.45) is 0 Å². The van der Waals surface area contributed by atoms with Gasteiger partial charge in [0.05, 0.1) is 0 Å². The molecule has 0 saturated carbocycles. The molecule has 0 aliphatic heterocycles. The van der Waals surface area contributed by atoms with E-state index in [9.17, 15) is 0 Å². The normalized spacial score (nSPS) is 11.4. The Morgan fingerprint density at radius 2 is 0.362 bits per heavy atom. The quantitative estimate of drug-likeness (QED) is 0.0885. The average molecular weight is 856 g/mol. The summed E-state index contributed by atoms with van der Waals surface area (Å²) in [5.41, 5.74) is 0. The number of hydrogen-bond donors (Lipinski definition) is 0. The molecule has 0 spiro atoms. The van der Waals surface area contributed by atoms with Gasteiger partial charge in [0.1, 0.15) is 0 Å². The molecule has 0 atom stereocenters. The molecule has 9 aromatic carbocycles. The third kappa shape index (κ3) is 8.22. The van der Waals surface area contributed by atoms with Gasteiger partial charge in [-0.2, -0.15) is 0 Å². The Kier molecular flexibility index (Phi) is 12.3. The van der Waals surface area contributed by atoms with Crippen LogP contribution in [-0.4, -0.2) is 14.3 Å². The minimum atomic E-state index is -2.73. The summed E-state index contributed by atoms with van der Waals surface area (Å²) in [6.07, 6.45) is 0. The molecule has 1 radical (unpaired) electrons. The van der Waals surface area contributed by atoms with Crippen molar-refractivity contribution < 1.29 is 0 Å². The third-order valence-corrected chi connectivity index (χ3v) is 25.3. The van der Waals surface area contributed by atoms with Gasteiger partial charge >= 0.3 is 354 Å². The molecular formula is C54H42GeP3. The SMILES string of the molecule is c1ccc(P(c2ccccc2)c2cccc[c]2[Ge]([c]2ccccc2P(c2ccccc2)c2ccccc2)[c]2ccccc2P(c2ccccc2)c2ccccc2)cc1. The summed E-state index contributed by atoms with van der Waals surface area (Å²) in [4.78, 5) is 0. The van der Waals surface area contributed by atoms with Gasteiger partial charge in [0, 0.05) is 0 Å². The van der Waals surface area contributed by atoms with E-state index in [1.165, 1.54) is 60.9 Å². The number of benzene rings is 9. The third-order valence-electron chi connectivity index (χ3n) is 10.3. The molecule has 9 rings (SSSR count). The van der Waals surface area contributed by atoms with E-state index in [0.29, 0.717) is 0 Å². The van der Waals surface area contributed by atoms with Crippen LogP contribution in [0.15, 0.2) is 255 Å². The predicted molar refractivity (Wildman–Crippen MR) is 260 cm³/mol. The van der Waals surface area contributed by atoms with Crippen molar-refractivity contribution in [3.05, 3.63) is 255 Å². The zero-order chi connectivity index (χ0) is 38.9. The predicted octanol–water partition coefficient (Wildman–Crippen LogP) is 7.48. The Bertz CT molecular complexity index is 2260. The molecule has 9 aromatic rings. The van der Waals surface area contributed by atoms with Crippen molar-refractivity contribution in [1.82, 2.24) is 0 Å². The molecule has 0 nitrogen and oxygen atoms in total. The van der Waals surface area contributed by atoms with E-state index in [1.54, 1.807) is 0 Å². The Labute approximate surface area is 351 Å².